The zero-order chi connectivity index (χ0) is 30.2. The molecule has 10 rings (SSSR count). The van der Waals surface area contributed by atoms with Gasteiger partial charge in [-0.15, -0.1) is 0 Å². The van der Waals surface area contributed by atoms with Crippen molar-refractivity contribution in [2.45, 2.75) is 0 Å². The summed E-state index contributed by atoms with van der Waals surface area (Å²) in [5.74, 6) is 2.55. The van der Waals surface area contributed by atoms with E-state index in [-0.39, 0.29) is 0 Å². The van der Waals surface area contributed by atoms with Gasteiger partial charge in [0.05, 0.1) is 11.2 Å². The third kappa shape index (κ3) is 3.63. The van der Waals surface area contributed by atoms with Crippen molar-refractivity contribution in [2.24, 2.45) is 0 Å². The molecule has 1 aromatic heterocycles. The summed E-state index contributed by atoms with van der Waals surface area (Å²) in [5.41, 5.74) is 8.80. The largest absolute Gasteiger partial charge is 0.453 e. The molecule has 2 heterocycles. The molecule has 9 aromatic rings. The molecule has 0 spiro atoms. The summed E-state index contributed by atoms with van der Waals surface area (Å²) in [6.45, 7) is 0. The Labute approximate surface area is 265 Å². The number of ether oxygens (including phenoxy) is 1. The fourth-order valence-electron chi connectivity index (χ4n) is 7.34. The first kappa shape index (κ1) is 25.2. The van der Waals surface area contributed by atoms with E-state index in [2.05, 4.69) is 144 Å². The molecule has 0 radical (unpaired) electrons. The van der Waals surface area contributed by atoms with Crippen molar-refractivity contribution < 1.29 is 4.74 Å². The highest BCUT2D eigenvalue weighted by atomic mass is 16.5. The van der Waals surface area contributed by atoms with Gasteiger partial charge < -0.3 is 4.74 Å². The van der Waals surface area contributed by atoms with Gasteiger partial charge in [-0.2, -0.15) is 0 Å². The number of para-hydroxylation sites is 1. The smallest absolute Gasteiger partial charge is 0.153 e. The molecule has 1 aliphatic rings. The highest BCUT2D eigenvalue weighted by Crippen LogP contribution is 2.48. The van der Waals surface area contributed by atoms with Crippen LogP contribution in [0.2, 0.25) is 0 Å². The lowest BCUT2D eigenvalue weighted by Crippen LogP contribution is -2.06. The van der Waals surface area contributed by atoms with E-state index in [9.17, 15) is 0 Å². The van der Waals surface area contributed by atoms with Gasteiger partial charge in [-0.1, -0.05) is 127 Å². The second kappa shape index (κ2) is 9.65. The van der Waals surface area contributed by atoms with Crippen LogP contribution < -0.4 is 4.74 Å². The van der Waals surface area contributed by atoms with E-state index in [1.54, 1.807) is 0 Å². The van der Waals surface area contributed by atoms with E-state index in [1.807, 2.05) is 18.2 Å². The molecule has 0 amide bonds. The van der Waals surface area contributed by atoms with E-state index in [0.29, 0.717) is 0 Å². The Morgan fingerprint density at radius 1 is 0.435 bits per heavy atom. The Morgan fingerprint density at radius 2 is 1.04 bits per heavy atom. The topological polar surface area (TPSA) is 27.1 Å². The number of fused-ring (bicyclic) bond motifs is 5. The van der Waals surface area contributed by atoms with Crippen LogP contribution in [0.1, 0.15) is 0 Å². The highest BCUT2D eigenvalue weighted by molar-refractivity contribution is 6.21. The van der Waals surface area contributed by atoms with E-state index >= 15 is 0 Å². The number of aromatic nitrogens is 2. The minimum atomic E-state index is 0.818. The third-order valence-corrected chi connectivity index (χ3v) is 9.35. The van der Waals surface area contributed by atoms with Crippen molar-refractivity contribution in [3.8, 4) is 50.8 Å². The summed E-state index contributed by atoms with van der Waals surface area (Å²) in [5, 5.41) is 7.40. The Bertz CT molecular complexity index is 2610. The van der Waals surface area contributed by atoms with Crippen LogP contribution >= 0.6 is 0 Å². The zero-order valence-electron chi connectivity index (χ0n) is 24.8. The standard InChI is InChI=1S/C43H26N2O/c1-2-12-28(13-3-1)43-44-36-19-10-20-38-42(36)45(43)37-24-23-31(26-39(37)46-38)41-34-17-8-6-15-32(34)40(33-16-7-9-18-35(33)41)30-22-21-27-11-4-5-14-29(27)25-30/h1-26H. The summed E-state index contributed by atoms with van der Waals surface area (Å²) in [7, 11) is 0. The minimum Gasteiger partial charge on any atom is -0.453 e. The number of imidazole rings is 1. The Morgan fingerprint density at radius 3 is 1.76 bits per heavy atom. The molecule has 3 heteroatoms. The van der Waals surface area contributed by atoms with Crippen molar-refractivity contribution in [1.29, 1.82) is 0 Å². The summed E-state index contributed by atoms with van der Waals surface area (Å²) in [6, 6.07) is 56.1. The van der Waals surface area contributed by atoms with Gasteiger partial charge in [-0.3, -0.25) is 4.57 Å². The maximum atomic E-state index is 6.66. The summed E-state index contributed by atoms with van der Waals surface area (Å²) >= 11 is 0. The molecule has 1 aliphatic heterocycles. The van der Waals surface area contributed by atoms with Gasteiger partial charge in [0.15, 0.2) is 11.5 Å². The molecule has 0 unspecified atom stereocenters. The minimum absolute atomic E-state index is 0.818. The monoisotopic (exact) mass is 586 g/mol. The Balaban J connectivity index is 1.23. The molecule has 8 aromatic carbocycles. The number of nitrogens with zero attached hydrogens (tertiary/aromatic N) is 2. The van der Waals surface area contributed by atoms with Crippen molar-refractivity contribution >= 4 is 43.4 Å². The van der Waals surface area contributed by atoms with Crippen molar-refractivity contribution in [3.05, 3.63) is 158 Å². The van der Waals surface area contributed by atoms with Gasteiger partial charge >= 0.3 is 0 Å². The first-order valence-corrected chi connectivity index (χ1v) is 15.6. The van der Waals surface area contributed by atoms with Crippen LogP contribution in [0.25, 0.3) is 82.7 Å². The van der Waals surface area contributed by atoms with E-state index < -0.39 is 0 Å². The lowest BCUT2D eigenvalue weighted by molar-refractivity contribution is 0.476. The first-order chi connectivity index (χ1) is 22.8. The van der Waals surface area contributed by atoms with Crippen LogP contribution in [0.5, 0.6) is 11.5 Å². The number of rotatable bonds is 3. The molecule has 46 heavy (non-hydrogen) atoms. The van der Waals surface area contributed by atoms with E-state index in [0.717, 1.165) is 45.2 Å². The van der Waals surface area contributed by atoms with Crippen LogP contribution in [-0.2, 0) is 0 Å². The predicted molar refractivity (Wildman–Crippen MR) is 190 cm³/mol. The van der Waals surface area contributed by atoms with E-state index in [4.69, 9.17) is 9.72 Å². The molecule has 3 nitrogen and oxygen atoms in total. The highest BCUT2D eigenvalue weighted by Gasteiger charge is 2.26. The lowest BCUT2D eigenvalue weighted by atomic mass is 9.85. The summed E-state index contributed by atoms with van der Waals surface area (Å²) in [4.78, 5) is 5.06. The SMILES string of the molecule is c1ccc(-c2nc3cccc4c3n2-c2ccc(-c3c5ccccc5c(-c5ccc6ccccc6c5)c5ccccc35)cc2O4)cc1. The van der Waals surface area contributed by atoms with Crippen LogP contribution in [0, 0.1) is 0 Å². The zero-order valence-corrected chi connectivity index (χ0v) is 24.8. The Kier molecular flexibility index (Phi) is 5.28. The fourth-order valence-corrected chi connectivity index (χ4v) is 7.34. The fraction of sp³-hybridized carbons (Fsp3) is 0. The van der Waals surface area contributed by atoms with Gasteiger partial charge in [0.2, 0.25) is 0 Å². The van der Waals surface area contributed by atoms with Crippen LogP contribution in [0.4, 0.5) is 0 Å². The Hall–Kier alpha value is -6.19. The average Bonchev–Trinajstić information content (AvgIpc) is 3.52. The van der Waals surface area contributed by atoms with Crippen molar-refractivity contribution in [1.82, 2.24) is 9.55 Å². The second-order valence-electron chi connectivity index (χ2n) is 11.9. The molecule has 0 fully saturated rings. The average molecular weight is 587 g/mol. The number of hydrogen-bond acceptors (Lipinski definition) is 2. The maximum Gasteiger partial charge on any atom is 0.153 e. The molecular formula is C43H26N2O. The first-order valence-electron chi connectivity index (χ1n) is 15.6. The van der Waals surface area contributed by atoms with Crippen molar-refractivity contribution in [3.63, 3.8) is 0 Å². The normalized spacial score (nSPS) is 12.1. The van der Waals surface area contributed by atoms with Crippen LogP contribution in [-0.4, -0.2) is 9.55 Å². The number of benzene rings is 8. The van der Waals surface area contributed by atoms with E-state index in [1.165, 1.54) is 49.0 Å². The quantitative estimate of drug-likeness (QED) is 0.193. The molecule has 0 N–H and O–H groups in total. The summed E-state index contributed by atoms with van der Waals surface area (Å²) < 4.78 is 8.91. The van der Waals surface area contributed by atoms with Gasteiger partial charge in [0.1, 0.15) is 11.3 Å². The molecule has 0 atom stereocenters. The molecule has 0 bridgehead atoms. The molecule has 0 aliphatic carbocycles. The molecule has 214 valence electrons. The van der Waals surface area contributed by atoms with Gasteiger partial charge in [0.25, 0.3) is 0 Å². The van der Waals surface area contributed by atoms with Crippen LogP contribution in [0.15, 0.2) is 158 Å². The third-order valence-electron chi connectivity index (χ3n) is 9.35. The van der Waals surface area contributed by atoms with Gasteiger partial charge in [-0.05, 0) is 84.9 Å². The van der Waals surface area contributed by atoms with Crippen molar-refractivity contribution in [2.75, 3.05) is 0 Å². The maximum absolute atomic E-state index is 6.66. The van der Waals surface area contributed by atoms with Gasteiger partial charge in [-0.25, -0.2) is 4.98 Å². The lowest BCUT2D eigenvalue weighted by Gasteiger charge is -2.23. The number of hydrogen-bond donors (Lipinski definition) is 0. The van der Waals surface area contributed by atoms with Crippen LogP contribution in [0.3, 0.4) is 0 Å². The van der Waals surface area contributed by atoms with Gasteiger partial charge in [0, 0.05) is 5.56 Å². The molecular weight excluding hydrogens is 560 g/mol. The predicted octanol–water partition coefficient (Wildman–Crippen LogP) is 11.6. The molecule has 0 saturated carbocycles. The molecule has 0 saturated heterocycles. The second-order valence-corrected chi connectivity index (χ2v) is 11.9. The summed E-state index contributed by atoms with van der Waals surface area (Å²) in [6.07, 6.45) is 0.